The smallest absolute Gasteiger partial charge is 0.0766 e. The monoisotopic (exact) mass is 303 g/mol. The highest BCUT2D eigenvalue weighted by molar-refractivity contribution is 9.10. The number of aromatic nitrogens is 2. The van der Waals surface area contributed by atoms with E-state index in [-0.39, 0.29) is 0 Å². The summed E-state index contributed by atoms with van der Waals surface area (Å²) in [7, 11) is 3.96. The van der Waals surface area contributed by atoms with Crippen LogP contribution in [0.5, 0.6) is 0 Å². The van der Waals surface area contributed by atoms with Gasteiger partial charge in [-0.1, -0.05) is 6.92 Å². The molecule has 1 N–H and O–H groups in total. The summed E-state index contributed by atoms with van der Waals surface area (Å²) in [6, 6.07) is 0.325. The van der Waals surface area contributed by atoms with Crippen molar-refractivity contribution in [1.29, 1.82) is 0 Å². The summed E-state index contributed by atoms with van der Waals surface area (Å²) < 4.78 is 8.56. The second-order valence-corrected chi connectivity index (χ2v) is 4.83. The average molecular weight is 304 g/mol. The lowest BCUT2D eigenvalue weighted by Crippen LogP contribution is -2.33. The molecule has 0 saturated heterocycles. The minimum atomic E-state index is 0.325. The van der Waals surface area contributed by atoms with Gasteiger partial charge in [-0.05, 0) is 36.3 Å². The van der Waals surface area contributed by atoms with Crippen LogP contribution in [0.4, 0.5) is 0 Å². The fourth-order valence-corrected chi connectivity index (χ4v) is 2.56. The summed E-state index contributed by atoms with van der Waals surface area (Å²) in [5.41, 5.74) is 2.34. The molecule has 1 aromatic heterocycles. The number of halogens is 1. The molecule has 17 heavy (non-hydrogen) atoms. The van der Waals surface area contributed by atoms with Gasteiger partial charge in [0.1, 0.15) is 0 Å². The second-order valence-electron chi connectivity index (χ2n) is 4.03. The Labute approximate surface area is 112 Å². The van der Waals surface area contributed by atoms with Gasteiger partial charge in [-0.3, -0.25) is 4.68 Å². The van der Waals surface area contributed by atoms with Gasteiger partial charge in [0.2, 0.25) is 0 Å². The van der Waals surface area contributed by atoms with E-state index in [0.717, 1.165) is 36.2 Å². The van der Waals surface area contributed by atoms with Crippen molar-refractivity contribution < 1.29 is 4.74 Å². The Hall–Kier alpha value is -0.390. The third kappa shape index (κ3) is 3.79. The number of hydrogen-bond acceptors (Lipinski definition) is 3. The molecule has 0 aliphatic rings. The van der Waals surface area contributed by atoms with E-state index in [0.29, 0.717) is 6.04 Å². The van der Waals surface area contributed by atoms with Crippen molar-refractivity contribution in [1.82, 2.24) is 15.1 Å². The molecule has 0 bridgehead atoms. The van der Waals surface area contributed by atoms with Crippen molar-refractivity contribution in [3.8, 4) is 0 Å². The molecule has 0 fully saturated rings. The van der Waals surface area contributed by atoms with Crippen LogP contribution in [-0.2, 0) is 24.6 Å². The van der Waals surface area contributed by atoms with E-state index >= 15 is 0 Å². The summed E-state index contributed by atoms with van der Waals surface area (Å²) in [6.45, 7) is 5.62. The summed E-state index contributed by atoms with van der Waals surface area (Å²) in [5.74, 6) is 0. The van der Waals surface area contributed by atoms with E-state index in [4.69, 9.17) is 4.74 Å². The van der Waals surface area contributed by atoms with Gasteiger partial charge in [0, 0.05) is 26.1 Å². The number of aryl methyl sites for hydroxylation is 2. The first kappa shape index (κ1) is 14.7. The van der Waals surface area contributed by atoms with E-state index in [9.17, 15) is 0 Å². The molecular formula is C12H22BrN3O. The van der Waals surface area contributed by atoms with Crippen LogP contribution in [0, 0.1) is 0 Å². The maximum absolute atomic E-state index is 5.46. The molecule has 0 radical (unpaired) electrons. The largest absolute Gasteiger partial charge is 0.380 e. The Kier molecular flexibility index (Phi) is 6.16. The van der Waals surface area contributed by atoms with Gasteiger partial charge in [-0.15, -0.1) is 0 Å². The lowest BCUT2D eigenvalue weighted by molar-refractivity contribution is 0.124. The Balaban J connectivity index is 2.75. The van der Waals surface area contributed by atoms with Gasteiger partial charge in [0.15, 0.2) is 0 Å². The number of nitrogens with zero attached hydrogens (tertiary/aromatic N) is 2. The second kappa shape index (κ2) is 7.13. The third-order valence-electron chi connectivity index (χ3n) is 2.87. The highest BCUT2D eigenvalue weighted by Crippen LogP contribution is 2.22. The van der Waals surface area contributed by atoms with Gasteiger partial charge in [-0.2, -0.15) is 5.10 Å². The van der Waals surface area contributed by atoms with Crippen molar-refractivity contribution in [2.24, 2.45) is 7.05 Å². The number of rotatable bonds is 7. The third-order valence-corrected chi connectivity index (χ3v) is 3.79. The molecule has 1 rings (SSSR count). The normalized spacial score (nSPS) is 13.0. The fraction of sp³-hybridized carbons (Fsp3) is 0.750. The molecule has 0 aliphatic carbocycles. The summed E-state index contributed by atoms with van der Waals surface area (Å²) in [5, 5.41) is 7.78. The average Bonchev–Trinajstić information content (AvgIpc) is 2.60. The predicted molar refractivity (Wildman–Crippen MR) is 73.3 cm³/mol. The lowest BCUT2D eigenvalue weighted by atomic mass is 10.1. The van der Waals surface area contributed by atoms with Gasteiger partial charge in [-0.25, -0.2) is 0 Å². The molecule has 5 heteroatoms. The Bertz CT molecular complexity index is 352. The highest BCUT2D eigenvalue weighted by Gasteiger charge is 2.16. The first-order valence-electron chi connectivity index (χ1n) is 6.09. The molecular weight excluding hydrogens is 282 g/mol. The summed E-state index contributed by atoms with van der Waals surface area (Å²) >= 11 is 3.64. The van der Waals surface area contributed by atoms with Crippen LogP contribution in [-0.4, -0.2) is 36.1 Å². The molecule has 1 unspecified atom stereocenters. The van der Waals surface area contributed by atoms with Crippen molar-refractivity contribution in [2.45, 2.75) is 32.7 Å². The standard InChI is InChI=1S/C12H22BrN3O/c1-5-10-12(13)11(16(4)15-10)7-9(14-3)8-17-6-2/h9,14H,5-8H2,1-4H3. The maximum atomic E-state index is 5.46. The topological polar surface area (TPSA) is 39.1 Å². The quantitative estimate of drug-likeness (QED) is 0.836. The van der Waals surface area contributed by atoms with E-state index < -0.39 is 0 Å². The molecule has 1 aromatic rings. The van der Waals surface area contributed by atoms with E-state index in [1.165, 1.54) is 5.69 Å². The maximum Gasteiger partial charge on any atom is 0.0766 e. The van der Waals surface area contributed by atoms with Gasteiger partial charge in [0.05, 0.1) is 22.5 Å². The first-order valence-corrected chi connectivity index (χ1v) is 6.88. The van der Waals surface area contributed by atoms with Crippen LogP contribution < -0.4 is 5.32 Å². The Morgan fingerprint density at radius 2 is 2.18 bits per heavy atom. The minimum absolute atomic E-state index is 0.325. The van der Waals surface area contributed by atoms with Crippen LogP contribution in [0.1, 0.15) is 25.2 Å². The van der Waals surface area contributed by atoms with E-state index in [1.54, 1.807) is 0 Å². The molecule has 1 heterocycles. The molecule has 1 atom stereocenters. The Morgan fingerprint density at radius 1 is 1.47 bits per heavy atom. The molecule has 0 spiro atoms. The van der Waals surface area contributed by atoms with Crippen LogP contribution in [0.25, 0.3) is 0 Å². The minimum Gasteiger partial charge on any atom is -0.380 e. The van der Waals surface area contributed by atoms with Crippen LogP contribution in [0.2, 0.25) is 0 Å². The van der Waals surface area contributed by atoms with Crippen molar-refractivity contribution in [3.05, 3.63) is 15.9 Å². The van der Waals surface area contributed by atoms with Crippen molar-refractivity contribution in [3.63, 3.8) is 0 Å². The lowest BCUT2D eigenvalue weighted by Gasteiger charge is -2.16. The summed E-state index contributed by atoms with van der Waals surface area (Å²) in [4.78, 5) is 0. The van der Waals surface area contributed by atoms with Crippen LogP contribution in [0.15, 0.2) is 4.47 Å². The van der Waals surface area contributed by atoms with Gasteiger partial charge in [0.25, 0.3) is 0 Å². The highest BCUT2D eigenvalue weighted by atomic mass is 79.9. The van der Waals surface area contributed by atoms with Crippen molar-refractivity contribution in [2.75, 3.05) is 20.3 Å². The van der Waals surface area contributed by atoms with Crippen LogP contribution >= 0.6 is 15.9 Å². The molecule has 98 valence electrons. The number of ether oxygens (including phenoxy) is 1. The predicted octanol–water partition coefficient (Wildman–Crippen LogP) is 1.91. The number of likely N-dealkylation sites (N-methyl/N-ethyl adjacent to an activating group) is 1. The molecule has 0 saturated carbocycles. The van der Waals surface area contributed by atoms with E-state index in [2.05, 4.69) is 33.3 Å². The van der Waals surface area contributed by atoms with Gasteiger partial charge < -0.3 is 10.1 Å². The zero-order valence-electron chi connectivity index (χ0n) is 11.1. The van der Waals surface area contributed by atoms with E-state index in [1.807, 2.05) is 25.7 Å². The molecule has 0 aromatic carbocycles. The zero-order chi connectivity index (χ0) is 12.8. The Morgan fingerprint density at radius 3 is 2.65 bits per heavy atom. The number of nitrogens with one attached hydrogen (secondary N) is 1. The molecule has 0 aliphatic heterocycles. The molecule has 0 amide bonds. The zero-order valence-corrected chi connectivity index (χ0v) is 12.7. The summed E-state index contributed by atoms with van der Waals surface area (Å²) in [6.07, 6.45) is 1.87. The molecule has 4 nitrogen and oxygen atoms in total. The first-order chi connectivity index (χ1) is 8.13. The fourth-order valence-electron chi connectivity index (χ4n) is 1.78. The van der Waals surface area contributed by atoms with Crippen LogP contribution in [0.3, 0.4) is 0 Å². The number of hydrogen-bond donors (Lipinski definition) is 1. The SMILES string of the molecule is CCOCC(Cc1c(Br)c(CC)nn1C)NC. The van der Waals surface area contributed by atoms with Crippen molar-refractivity contribution >= 4 is 15.9 Å². The van der Waals surface area contributed by atoms with Gasteiger partial charge >= 0.3 is 0 Å².